The van der Waals surface area contributed by atoms with E-state index in [0.717, 1.165) is 0 Å². The van der Waals surface area contributed by atoms with E-state index in [1.54, 1.807) is 40.2 Å². The molecule has 17 N–H and O–H groups in total. The number of aliphatic hydroxyl groups excluding tert-OH is 1. The lowest BCUT2D eigenvalue weighted by Gasteiger charge is -2.28. The van der Waals surface area contributed by atoms with Crippen LogP contribution in [0.25, 0.3) is 0 Å². The third-order valence-electron chi connectivity index (χ3n) is 9.83. The summed E-state index contributed by atoms with van der Waals surface area (Å²) in [7, 11) is 0. The van der Waals surface area contributed by atoms with Crippen LogP contribution in [0, 0.1) is 11.8 Å². The van der Waals surface area contributed by atoms with Crippen molar-refractivity contribution in [1.29, 1.82) is 0 Å². The monoisotopic (exact) mass is 978 g/mol. The minimum Gasteiger partial charge on any atom is -0.481 e. The van der Waals surface area contributed by atoms with Gasteiger partial charge in [0.2, 0.25) is 47.3 Å². The number of nitrogens with zero attached hydrogens (tertiary/aromatic N) is 1. The second kappa shape index (κ2) is 33.1. The fourth-order valence-electron chi connectivity index (χ4n) is 5.83. The number of nitrogens with two attached hydrogens (primary N) is 3. The molecule has 0 aromatic rings. The zero-order valence-corrected chi connectivity index (χ0v) is 39.9. The van der Waals surface area contributed by atoms with Crippen LogP contribution in [0.1, 0.15) is 72.6 Å². The minimum atomic E-state index is -1.58. The van der Waals surface area contributed by atoms with E-state index in [4.69, 9.17) is 17.2 Å². The van der Waals surface area contributed by atoms with Gasteiger partial charge in [-0.1, -0.05) is 34.1 Å². The molecule has 0 unspecified atom stereocenters. The minimum absolute atomic E-state index is 0.0375. The number of carbonyl (C=O) groups is 10. The smallest absolute Gasteiger partial charge is 0.326 e. The van der Waals surface area contributed by atoms with E-state index in [2.05, 4.69) is 47.5 Å². The Labute approximate surface area is 392 Å². The van der Waals surface area contributed by atoms with Gasteiger partial charge in [-0.2, -0.15) is 23.5 Å². The highest BCUT2D eigenvalue weighted by atomic mass is 32.2. The second-order valence-electron chi connectivity index (χ2n) is 15.4. The molecular weight excluding hydrogens is 909 g/mol. The Kier molecular flexibility index (Phi) is 30.4. The molecule has 0 aromatic carbocycles. The van der Waals surface area contributed by atoms with Gasteiger partial charge >= 0.3 is 11.9 Å². The van der Waals surface area contributed by atoms with Gasteiger partial charge in [-0.25, -0.2) is 4.79 Å². The van der Waals surface area contributed by atoms with Gasteiger partial charge in [0.1, 0.15) is 42.3 Å². The molecule has 376 valence electrons. The lowest BCUT2D eigenvalue weighted by atomic mass is 9.97. The Morgan fingerprint density at radius 3 is 1.50 bits per heavy atom. The standard InChI is InChI=1S/C39H70N12O13S2/c1-7-21(4)31(51-34(59)22(9-8-14-43-39(41)42)47-36(61)26(19-52)49-33(58)24(12-15-65-5)45-27(53)17-40)37(62)44-18-28(54)46-25(13-16-66-6)32(57)48-23(10-11-29(55)56)35(60)50-30(20(2)3)38(63)64/h20-26,30-31,52H,7-19,40H2,1-6H3,(H,44,62)(H,45,53)(H,46,54)(H,47,61)(H,48,57)(H,49,58)(H,50,60)(H,51,59)(H,55,56)(H,63,64)(H4,41,42,43)/t21-,22-,23-,24-,25-,26-,30-,31-/m0/s1. The quantitative estimate of drug-likeness (QED) is 0.0165. The summed E-state index contributed by atoms with van der Waals surface area (Å²) in [5, 5.41) is 48.4. The molecule has 0 fully saturated rings. The number of amides is 8. The summed E-state index contributed by atoms with van der Waals surface area (Å²) in [6.07, 6.45) is 3.20. The zero-order valence-electron chi connectivity index (χ0n) is 38.3. The third kappa shape index (κ3) is 24.2. The van der Waals surface area contributed by atoms with Gasteiger partial charge in [-0.05, 0) is 68.0 Å². The maximum absolute atomic E-state index is 13.8. The van der Waals surface area contributed by atoms with Crippen LogP contribution in [0.4, 0.5) is 0 Å². The topological polar surface area (TPSA) is 418 Å². The molecule has 27 heteroatoms. The van der Waals surface area contributed by atoms with Crippen LogP contribution in [0.15, 0.2) is 4.99 Å². The maximum atomic E-state index is 13.8. The molecule has 0 aliphatic rings. The molecule has 0 aliphatic heterocycles. The maximum Gasteiger partial charge on any atom is 0.326 e. The van der Waals surface area contributed by atoms with Gasteiger partial charge in [0.15, 0.2) is 5.96 Å². The molecule has 66 heavy (non-hydrogen) atoms. The van der Waals surface area contributed by atoms with Crippen LogP contribution in [0.3, 0.4) is 0 Å². The zero-order chi connectivity index (χ0) is 50.5. The fourth-order valence-corrected chi connectivity index (χ4v) is 6.77. The fraction of sp³-hybridized carbons (Fsp3) is 0.718. The van der Waals surface area contributed by atoms with Gasteiger partial charge in [0, 0.05) is 13.0 Å². The highest BCUT2D eigenvalue weighted by molar-refractivity contribution is 7.98. The van der Waals surface area contributed by atoms with Crippen LogP contribution in [-0.2, 0) is 47.9 Å². The molecule has 8 atom stereocenters. The Balaban J connectivity index is 6.22. The number of aliphatic hydroxyl groups is 1. The van der Waals surface area contributed by atoms with Crippen LogP contribution in [0.5, 0.6) is 0 Å². The Morgan fingerprint density at radius 2 is 1.06 bits per heavy atom. The Morgan fingerprint density at radius 1 is 0.606 bits per heavy atom. The molecule has 0 aromatic heterocycles. The Hall–Kier alpha value is -5.41. The first kappa shape index (κ1) is 60.6. The lowest BCUT2D eigenvalue weighted by molar-refractivity contribution is -0.144. The van der Waals surface area contributed by atoms with Gasteiger partial charge in [0.25, 0.3) is 0 Å². The number of aliphatic imine (C=N–C) groups is 1. The van der Waals surface area contributed by atoms with E-state index in [1.807, 2.05) is 0 Å². The van der Waals surface area contributed by atoms with Crippen molar-refractivity contribution in [3.8, 4) is 0 Å². The average Bonchev–Trinajstić information content (AvgIpc) is 3.26. The summed E-state index contributed by atoms with van der Waals surface area (Å²) < 4.78 is 0. The number of thioether (sulfide) groups is 2. The lowest BCUT2D eigenvalue weighted by Crippen LogP contribution is -2.60. The molecule has 0 bridgehead atoms. The van der Waals surface area contributed by atoms with Crippen molar-refractivity contribution >= 4 is 88.7 Å². The first-order valence-corrected chi connectivity index (χ1v) is 24.0. The van der Waals surface area contributed by atoms with Crippen LogP contribution in [-0.4, -0.2) is 173 Å². The number of guanidine groups is 1. The highest BCUT2D eigenvalue weighted by Gasteiger charge is 2.34. The summed E-state index contributed by atoms with van der Waals surface area (Å²) in [4.78, 5) is 133. The van der Waals surface area contributed by atoms with E-state index in [0.29, 0.717) is 17.9 Å². The molecule has 0 saturated heterocycles. The van der Waals surface area contributed by atoms with Crippen molar-refractivity contribution in [3.05, 3.63) is 0 Å². The number of rotatable bonds is 34. The number of hydrogen-bond acceptors (Lipinski definition) is 15. The van der Waals surface area contributed by atoms with Gasteiger partial charge < -0.3 is 75.1 Å². The number of carbonyl (C=O) groups excluding carboxylic acids is 8. The van der Waals surface area contributed by atoms with Crippen molar-refractivity contribution in [1.82, 2.24) is 42.5 Å². The normalized spacial score (nSPS) is 14.6. The van der Waals surface area contributed by atoms with Crippen molar-refractivity contribution < 1.29 is 63.3 Å². The van der Waals surface area contributed by atoms with Gasteiger partial charge in [-0.15, -0.1) is 0 Å². The summed E-state index contributed by atoms with van der Waals surface area (Å²) in [5.41, 5.74) is 16.2. The molecule has 0 heterocycles. The average molecular weight is 979 g/mol. The van der Waals surface area contributed by atoms with E-state index < -0.39 is 146 Å². The summed E-state index contributed by atoms with van der Waals surface area (Å²) >= 11 is 2.73. The van der Waals surface area contributed by atoms with E-state index in [-0.39, 0.29) is 38.2 Å². The summed E-state index contributed by atoms with van der Waals surface area (Å²) in [6, 6.07) is -9.42. The van der Waals surface area contributed by atoms with Crippen LogP contribution >= 0.6 is 23.5 Å². The number of hydrogen-bond donors (Lipinski definition) is 14. The van der Waals surface area contributed by atoms with Gasteiger partial charge in [0.05, 0.1) is 19.7 Å². The largest absolute Gasteiger partial charge is 0.481 e. The first-order valence-electron chi connectivity index (χ1n) is 21.2. The van der Waals surface area contributed by atoms with Gasteiger partial charge in [-0.3, -0.25) is 48.1 Å². The molecule has 0 spiro atoms. The summed E-state index contributed by atoms with van der Waals surface area (Å²) in [5.74, 6) is -9.88. The summed E-state index contributed by atoms with van der Waals surface area (Å²) in [6.45, 7) is 4.53. The Bertz CT molecular complexity index is 1670. The van der Waals surface area contributed by atoms with Crippen molar-refractivity contribution in [2.75, 3.05) is 50.3 Å². The predicted octanol–water partition coefficient (Wildman–Crippen LogP) is -4.34. The number of carboxylic acid groups (broad SMARTS) is 2. The second-order valence-corrected chi connectivity index (χ2v) is 17.4. The SMILES string of the molecule is CC[C@H](C)[C@H](NC(=O)[C@H](CCCN=C(N)N)NC(=O)[C@H](CO)NC(=O)[C@H](CCSC)NC(=O)CN)C(=O)NCC(=O)N[C@@H](CCSC)C(=O)N[C@@H](CCC(=O)O)C(=O)N[C@H](C(=O)O)C(C)C. The molecule has 0 rings (SSSR count). The number of carboxylic acids is 2. The van der Waals surface area contributed by atoms with Crippen LogP contribution < -0.4 is 59.7 Å². The molecular formula is C39H70N12O13S2. The number of nitrogens with one attached hydrogen (secondary N) is 8. The third-order valence-corrected chi connectivity index (χ3v) is 11.1. The molecule has 8 amide bonds. The molecule has 0 radical (unpaired) electrons. The van der Waals surface area contributed by atoms with E-state index in [9.17, 15) is 63.3 Å². The first-order chi connectivity index (χ1) is 31.1. The van der Waals surface area contributed by atoms with E-state index >= 15 is 0 Å². The molecule has 0 aliphatic carbocycles. The van der Waals surface area contributed by atoms with Crippen molar-refractivity contribution in [2.24, 2.45) is 34.0 Å². The molecule has 25 nitrogen and oxygen atoms in total. The molecule has 0 saturated carbocycles. The van der Waals surface area contributed by atoms with Crippen molar-refractivity contribution in [3.63, 3.8) is 0 Å². The van der Waals surface area contributed by atoms with Crippen LogP contribution in [0.2, 0.25) is 0 Å². The van der Waals surface area contributed by atoms with E-state index in [1.165, 1.54) is 23.5 Å². The highest BCUT2D eigenvalue weighted by Crippen LogP contribution is 2.11. The van der Waals surface area contributed by atoms with Crippen molar-refractivity contribution in [2.45, 2.75) is 115 Å². The predicted molar refractivity (Wildman–Crippen MR) is 247 cm³/mol. The number of aliphatic carboxylic acids is 2.